The van der Waals surface area contributed by atoms with Crippen LogP contribution in [0.3, 0.4) is 0 Å². The number of thioether (sulfide) groups is 1. The van der Waals surface area contributed by atoms with Gasteiger partial charge >= 0.3 is 0 Å². The van der Waals surface area contributed by atoms with Crippen LogP contribution in [0.2, 0.25) is 0 Å². The Labute approximate surface area is 171 Å². The molecule has 1 amide bonds. The van der Waals surface area contributed by atoms with Crippen molar-refractivity contribution in [3.05, 3.63) is 47.2 Å². The molecule has 150 valence electrons. The summed E-state index contributed by atoms with van der Waals surface area (Å²) in [7, 11) is 0. The molecule has 3 aliphatic rings. The Morgan fingerprint density at radius 2 is 1.86 bits per heavy atom. The number of carbonyl (C=O) groups excluding carboxylic acids is 2. The lowest BCUT2D eigenvalue weighted by Crippen LogP contribution is -2.68. The number of carbonyl (C=O) groups is 2. The van der Waals surface area contributed by atoms with E-state index in [1.807, 2.05) is 30.3 Å². The van der Waals surface area contributed by atoms with Gasteiger partial charge in [0.15, 0.2) is 5.78 Å². The molecule has 1 aromatic carbocycles. The van der Waals surface area contributed by atoms with Crippen molar-refractivity contribution in [3.63, 3.8) is 0 Å². The summed E-state index contributed by atoms with van der Waals surface area (Å²) in [6.45, 7) is 6.42. The van der Waals surface area contributed by atoms with Crippen LogP contribution in [0.5, 0.6) is 0 Å². The third-order valence-corrected chi connectivity index (χ3v) is 7.06. The quantitative estimate of drug-likeness (QED) is 0.726. The number of Topliss-reactive ketones (excluding diaryl/α,β-unsaturated/α-hetero) is 1. The topological polar surface area (TPSA) is 70.2 Å². The van der Waals surface area contributed by atoms with Crippen LogP contribution < -0.4 is 16.0 Å². The van der Waals surface area contributed by atoms with Crippen molar-refractivity contribution in [2.75, 3.05) is 5.75 Å². The Hall–Kier alpha value is -1.79. The van der Waals surface area contributed by atoms with E-state index in [1.165, 1.54) is 0 Å². The van der Waals surface area contributed by atoms with Crippen LogP contribution in [-0.2, 0) is 9.59 Å². The number of fused-ring (bicyclic) bond motifs is 1. The second-order valence-corrected chi connectivity index (χ2v) is 10.0. The molecule has 1 aromatic rings. The summed E-state index contributed by atoms with van der Waals surface area (Å²) in [5, 5.41) is 10.2. The predicted molar refractivity (Wildman–Crippen MR) is 112 cm³/mol. The van der Waals surface area contributed by atoms with Crippen molar-refractivity contribution in [2.45, 2.75) is 57.6 Å². The highest BCUT2D eigenvalue weighted by molar-refractivity contribution is 7.99. The van der Waals surface area contributed by atoms with Crippen LogP contribution in [0.4, 0.5) is 0 Å². The SMILES string of the molecule is CCCSC1NC(=O)C2C(NC3=C(C(=O)CC(C)(C)C3)C2c2ccccc2)N1. The smallest absolute Gasteiger partial charge is 0.229 e. The van der Waals surface area contributed by atoms with Crippen molar-refractivity contribution in [3.8, 4) is 0 Å². The Morgan fingerprint density at radius 1 is 1.11 bits per heavy atom. The molecule has 4 rings (SSSR count). The highest BCUT2D eigenvalue weighted by Gasteiger charge is 2.50. The molecule has 1 aliphatic carbocycles. The zero-order chi connectivity index (χ0) is 19.9. The zero-order valence-corrected chi connectivity index (χ0v) is 17.6. The van der Waals surface area contributed by atoms with Crippen molar-refractivity contribution in [2.24, 2.45) is 11.3 Å². The molecule has 0 radical (unpaired) electrons. The van der Waals surface area contributed by atoms with Crippen LogP contribution >= 0.6 is 11.8 Å². The van der Waals surface area contributed by atoms with Gasteiger partial charge in [-0.1, -0.05) is 51.1 Å². The monoisotopic (exact) mass is 399 g/mol. The second kappa shape index (κ2) is 7.56. The largest absolute Gasteiger partial charge is 0.372 e. The first-order chi connectivity index (χ1) is 13.4. The van der Waals surface area contributed by atoms with E-state index in [2.05, 4.69) is 36.7 Å². The Balaban J connectivity index is 1.75. The lowest BCUT2D eigenvalue weighted by molar-refractivity contribution is -0.130. The number of hydrogen-bond donors (Lipinski definition) is 3. The van der Waals surface area contributed by atoms with Crippen LogP contribution in [0.25, 0.3) is 0 Å². The molecular weight excluding hydrogens is 370 g/mol. The van der Waals surface area contributed by atoms with Gasteiger partial charge in [-0.25, -0.2) is 0 Å². The first kappa shape index (κ1) is 19.5. The molecule has 2 heterocycles. The fourth-order valence-electron chi connectivity index (χ4n) is 4.71. The molecule has 0 saturated carbocycles. The predicted octanol–water partition coefficient (Wildman–Crippen LogP) is 3.11. The number of nitrogens with one attached hydrogen (secondary N) is 3. The molecule has 4 unspecified atom stereocenters. The number of rotatable bonds is 4. The van der Waals surface area contributed by atoms with Gasteiger partial charge in [-0.3, -0.25) is 14.9 Å². The van der Waals surface area contributed by atoms with E-state index in [0.717, 1.165) is 35.4 Å². The van der Waals surface area contributed by atoms with Crippen molar-refractivity contribution in [1.29, 1.82) is 0 Å². The maximum Gasteiger partial charge on any atom is 0.229 e. The first-order valence-corrected chi connectivity index (χ1v) is 11.2. The minimum Gasteiger partial charge on any atom is -0.372 e. The average molecular weight is 400 g/mol. The molecule has 1 saturated heterocycles. The minimum atomic E-state index is -0.343. The highest BCUT2D eigenvalue weighted by atomic mass is 32.2. The van der Waals surface area contributed by atoms with Gasteiger partial charge in [-0.2, -0.15) is 0 Å². The fourth-order valence-corrected chi connectivity index (χ4v) is 5.63. The number of hydrogen-bond acceptors (Lipinski definition) is 5. The van der Waals surface area contributed by atoms with E-state index in [-0.39, 0.29) is 40.6 Å². The Morgan fingerprint density at radius 3 is 2.57 bits per heavy atom. The number of benzene rings is 1. The van der Waals surface area contributed by atoms with Gasteiger partial charge in [0.25, 0.3) is 0 Å². The molecule has 6 heteroatoms. The molecule has 1 fully saturated rings. The summed E-state index contributed by atoms with van der Waals surface area (Å²) in [4.78, 5) is 26.3. The van der Waals surface area contributed by atoms with Gasteiger partial charge in [0.2, 0.25) is 5.91 Å². The van der Waals surface area contributed by atoms with Crippen LogP contribution in [0.15, 0.2) is 41.6 Å². The molecule has 5 nitrogen and oxygen atoms in total. The summed E-state index contributed by atoms with van der Waals surface area (Å²) in [5.41, 5.74) is 2.69. The molecule has 0 aromatic heterocycles. The zero-order valence-electron chi connectivity index (χ0n) is 16.7. The standard InChI is InChI=1S/C22H29N3O2S/c1-4-10-28-21-24-19-18(20(27)25-21)16(13-8-6-5-7-9-13)17-14(23-19)11-22(2,3)12-15(17)26/h5-9,16,18-19,21,23-24H,4,10-12H2,1-3H3,(H,25,27). The molecule has 3 N–H and O–H groups in total. The van der Waals surface area contributed by atoms with Gasteiger partial charge in [-0.15, -0.1) is 11.8 Å². The van der Waals surface area contributed by atoms with Gasteiger partial charge in [0, 0.05) is 23.6 Å². The van der Waals surface area contributed by atoms with Gasteiger partial charge in [0.1, 0.15) is 5.50 Å². The third kappa shape index (κ3) is 3.60. The second-order valence-electron chi connectivity index (χ2n) is 8.80. The molecule has 4 atom stereocenters. The molecule has 28 heavy (non-hydrogen) atoms. The van der Waals surface area contributed by atoms with Gasteiger partial charge < -0.3 is 10.6 Å². The van der Waals surface area contributed by atoms with E-state index in [0.29, 0.717) is 6.42 Å². The summed E-state index contributed by atoms with van der Waals surface area (Å²) in [5.74, 6) is 0.612. The lowest BCUT2D eigenvalue weighted by atomic mass is 9.66. The highest BCUT2D eigenvalue weighted by Crippen LogP contribution is 2.47. The molecule has 2 aliphatic heterocycles. The van der Waals surface area contributed by atoms with E-state index in [1.54, 1.807) is 11.8 Å². The number of allylic oxidation sites excluding steroid dienone is 2. The van der Waals surface area contributed by atoms with E-state index >= 15 is 0 Å². The van der Waals surface area contributed by atoms with E-state index in [9.17, 15) is 9.59 Å². The summed E-state index contributed by atoms with van der Waals surface area (Å²) in [6.07, 6.45) is 2.24. The summed E-state index contributed by atoms with van der Waals surface area (Å²) >= 11 is 1.72. The Bertz CT molecular complexity index is 805. The van der Waals surface area contributed by atoms with E-state index in [4.69, 9.17) is 0 Å². The first-order valence-electron chi connectivity index (χ1n) is 10.2. The van der Waals surface area contributed by atoms with Crippen molar-refractivity contribution < 1.29 is 9.59 Å². The summed E-state index contributed by atoms with van der Waals surface area (Å²) in [6, 6.07) is 10.0. The number of amides is 1. The maximum absolute atomic E-state index is 13.2. The van der Waals surface area contributed by atoms with Crippen molar-refractivity contribution >= 4 is 23.5 Å². The van der Waals surface area contributed by atoms with Gasteiger partial charge in [0.05, 0.1) is 12.1 Å². The van der Waals surface area contributed by atoms with E-state index < -0.39 is 0 Å². The van der Waals surface area contributed by atoms with Crippen molar-refractivity contribution in [1.82, 2.24) is 16.0 Å². The maximum atomic E-state index is 13.2. The molecular formula is C22H29N3O2S. The third-order valence-electron chi connectivity index (χ3n) is 5.83. The van der Waals surface area contributed by atoms with Crippen LogP contribution in [-0.4, -0.2) is 29.1 Å². The Kier molecular flexibility index (Phi) is 5.27. The normalized spacial score (nSPS) is 31.5. The summed E-state index contributed by atoms with van der Waals surface area (Å²) < 4.78 is 0. The molecule has 0 spiro atoms. The van der Waals surface area contributed by atoms with Gasteiger partial charge in [-0.05, 0) is 29.6 Å². The average Bonchev–Trinajstić information content (AvgIpc) is 2.64. The lowest BCUT2D eigenvalue weighted by Gasteiger charge is -2.48. The fraction of sp³-hybridized carbons (Fsp3) is 0.545. The van der Waals surface area contributed by atoms with Crippen LogP contribution in [0.1, 0.15) is 51.5 Å². The molecule has 0 bridgehead atoms. The number of ketones is 1. The minimum absolute atomic E-state index is 0.0166. The van der Waals surface area contributed by atoms with Crippen LogP contribution in [0, 0.1) is 11.3 Å².